The first kappa shape index (κ1) is 15.7. The molecule has 19 heavy (non-hydrogen) atoms. The molecule has 0 aromatic rings. The molecule has 0 aliphatic carbocycles. The summed E-state index contributed by atoms with van der Waals surface area (Å²) < 4.78 is 39.6. The molecule has 1 fully saturated rings. The Hall–Kier alpha value is -1.35. The van der Waals surface area contributed by atoms with Crippen LogP contribution in [-0.2, 0) is 19.2 Å². The van der Waals surface area contributed by atoms with E-state index in [1.807, 2.05) is 0 Å². The van der Waals surface area contributed by atoms with Crippen molar-refractivity contribution < 1.29 is 32.3 Å². The number of esters is 1. The van der Waals surface area contributed by atoms with Crippen LogP contribution in [0.1, 0.15) is 12.8 Å². The fourth-order valence-electron chi connectivity index (χ4n) is 1.77. The van der Waals surface area contributed by atoms with Crippen molar-refractivity contribution in [2.75, 3.05) is 26.8 Å². The van der Waals surface area contributed by atoms with Gasteiger partial charge in [0.1, 0.15) is 0 Å². The molecule has 0 saturated carbocycles. The number of nitrogens with one attached hydrogen (secondary N) is 1. The molecule has 1 saturated heterocycles. The average Bonchev–Trinajstić information content (AvgIpc) is 2.37. The van der Waals surface area contributed by atoms with E-state index in [0.29, 0.717) is 25.9 Å². The lowest BCUT2D eigenvalue weighted by atomic mass is 10.1. The van der Waals surface area contributed by atoms with Crippen LogP contribution in [0.15, 0.2) is 0 Å². The van der Waals surface area contributed by atoms with Gasteiger partial charge in [0.15, 0.2) is 6.61 Å². The number of nitrogens with zero attached hydrogens (tertiary/aromatic N) is 1. The van der Waals surface area contributed by atoms with E-state index in [2.05, 4.69) is 10.1 Å². The number of alkyl halides is 3. The molecule has 6 nitrogen and oxygen atoms in total. The summed E-state index contributed by atoms with van der Waals surface area (Å²) in [5, 5.41) is 4.04. The van der Waals surface area contributed by atoms with Crippen LogP contribution < -0.4 is 5.32 Å². The van der Waals surface area contributed by atoms with Gasteiger partial charge in [-0.2, -0.15) is 13.2 Å². The van der Waals surface area contributed by atoms with Crippen LogP contribution in [0.5, 0.6) is 0 Å². The van der Waals surface area contributed by atoms with Crippen molar-refractivity contribution in [2.24, 2.45) is 0 Å². The van der Waals surface area contributed by atoms with Crippen LogP contribution in [0.4, 0.5) is 13.2 Å². The van der Waals surface area contributed by atoms with Gasteiger partial charge in [-0.1, -0.05) is 0 Å². The highest BCUT2D eigenvalue weighted by atomic mass is 19.4. The van der Waals surface area contributed by atoms with Gasteiger partial charge < -0.3 is 10.1 Å². The molecular formula is C10H15F3N2O4. The van der Waals surface area contributed by atoms with Crippen LogP contribution in [0.3, 0.4) is 0 Å². The lowest BCUT2D eigenvalue weighted by molar-refractivity contribution is -0.210. The minimum absolute atomic E-state index is 0.233. The molecule has 0 radical (unpaired) electrons. The van der Waals surface area contributed by atoms with Gasteiger partial charge in [0.2, 0.25) is 0 Å². The van der Waals surface area contributed by atoms with Crippen molar-refractivity contribution in [3.8, 4) is 0 Å². The standard InChI is InChI=1S/C10H15F3N2O4/c1-18-15(7-2-4-14-5-3-7)8(16)6-19-9(17)10(11,12)13/h7,14H,2-6H2,1H3. The first-order valence-corrected chi connectivity index (χ1v) is 5.67. The number of ether oxygens (including phenoxy) is 1. The summed E-state index contributed by atoms with van der Waals surface area (Å²) in [6, 6.07) is -0.233. The van der Waals surface area contributed by atoms with E-state index in [0.717, 1.165) is 5.06 Å². The second-order valence-corrected chi connectivity index (χ2v) is 3.96. The van der Waals surface area contributed by atoms with E-state index in [9.17, 15) is 22.8 Å². The van der Waals surface area contributed by atoms with Crippen molar-refractivity contribution in [3.63, 3.8) is 0 Å². The Morgan fingerprint density at radius 1 is 1.32 bits per heavy atom. The van der Waals surface area contributed by atoms with Crippen LogP contribution >= 0.6 is 0 Å². The highest BCUT2D eigenvalue weighted by molar-refractivity contribution is 5.82. The largest absolute Gasteiger partial charge is 0.490 e. The second-order valence-electron chi connectivity index (χ2n) is 3.96. The van der Waals surface area contributed by atoms with Crippen molar-refractivity contribution in [3.05, 3.63) is 0 Å². The van der Waals surface area contributed by atoms with Crippen molar-refractivity contribution in [1.82, 2.24) is 10.4 Å². The fraction of sp³-hybridized carbons (Fsp3) is 0.800. The molecule has 9 heteroatoms. The Kier molecular flexibility index (Phi) is 5.55. The van der Waals surface area contributed by atoms with Crippen molar-refractivity contribution in [2.45, 2.75) is 25.1 Å². The molecule has 0 aromatic heterocycles. The number of carbonyl (C=O) groups is 2. The molecule has 1 aliphatic heterocycles. The second kappa shape index (κ2) is 6.71. The normalized spacial score (nSPS) is 17.1. The molecule has 0 aromatic carbocycles. The van der Waals surface area contributed by atoms with Gasteiger partial charge in [0.25, 0.3) is 5.91 Å². The first-order chi connectivity index (χ1) is 8.86. The molecule has 1 aliphatic rings. The van der Waals surface area contributed by atoms with Crippen molar-refractivity contribution >= 4 is 11.9 Å². The SMILES string of the molecule is CON(C(=O)COC(=O)C(F)(F)F)C1CCNCC1. The number of hydrogen-bond donors (Lipinski definition) is 1. The third-order valence-corrected chi connectivity index (χ3v) is 2.64. The summed E-state index contributed by atoms with van der Waals surface area (Å²) in [5.74, 6) is -3.20. The van der Waals surface area contributed by atoms with Crippen molar-refractivity contribution in [1.29, 1.82) is 0 Å². The smallest absolute Gasteiger partial charge is 0.449 e. The van der Waals surface area contributed by atoms with E-state index in [1.54, 1.807) is 0 Å². The van der Waals surface area contributed by atoms with Gasteiger partial charge in [-0.25, -0.2) is 9.86 Å². The predicted molar refractivity (Wildman–Crippen MR) is 56.8 cm³/mol. The molecule has 0 unspecified atom stereocenters. The zero-order valence-corrected chi connectivity index (χ0v) is 10.3. The van der Waals surface area contributed by atoms with Crippen LogP contribution in [-0.4, -0.2) is 56.0 Å². The van der Waals surface area contributed by atoms with Gasteiger partial charge >= 0.3 is 12.1 Å². The van der Waals surface area contributed by atoms with Crippen LogP contribution in [0.2, 0.25) is 0 Å². The van der Waals surface area contributed by atoms with E-state index in [1.165, 1.54) is 7.11 Å². The molecule has 1 N–H and O–H groups in total. The molecule has 0 bridgehead atoms. The molecule has 110 valence electrons. The highest BCUT2D eigenvalue weighted by Gasteiger charge is 2.41. The van der Waals surface area contributed by atoms with E-state index >= 15 is 0 Å². The van der Waals surface area contributed by atoms with Crippen LogP contribution in [0.25, 0.3) is 0 Å². The van der Waals surface area contributed by atoms with E-state index in [-0.39, 0.29) is 6.04 Å². The monoisotopic (exact) mass is 284 g/mol. The van der Waals surface area contributed by atoms with Crippen LogP contribution in [0, 0.1) is 0 Å². The Bertz CT molecular complexity index is 329. The van der Waals surface area contributed by atoms with Gasteiger partial charge in [0.05, 0.1) is 13.2 Å². The zero-order chi connectivity index (χ0) is 14.5. The summed E-state index contributed by atoms with van der Waals surface area (Å²) in [4.78, 5) is 27.0. The molecule has 1 heterocycles. The molecule has 1 rings (SSSR count). The maximum Gasteiger partial charge on any atom is 0.490 e. The summed E-state index contributed by atoms with van der Waals surface area (Å²) in [6.45, 7) is 0.371. The Morgan fingerprint density at radius 2 is 1.89 bits per heavy atom. The third kappa shape index (κ3) is 4.67. The third-order valence-electron chi connectivity index (χ3n) is 2.64. The molecular weight excluding hydrogens is 269 g/mol. The Morgan fingerprint density at radius 3 is 2.37 bits per heavy atom. The lowest BCUT2D eigenvalue weighted by Gasteiger charge is -2.32. The topological polar surface area (TPSA) is 67.9 Å². The van der Waals surface area contributed by atoms with E-state index < -0.39 is 24.7 Å². The minimum atomic E-state index is -5.10. The number of hydroxylamine groups is 2. The Balaban J connectivity index is 2.47. The average molecular weight is 284 g/mol. The van der Waals surface area contributed by atoms with Gasteiger partial charge in [-0.15, -0.1) is 0 Å². The van der Waals surface area contributed by atoms with Gasteiger partial charge in [-0.3, -0.25) is 9.63 Å². The maximum atomic E-state index is 11.9. The molecule has 0 spiro atoms. The molecule has 1 amide bonds. The summed E-state index contributed by atoms with van der Waals surface area (Å²) in [6.07, 6.45) is -3.87. The number of halogens is 3. The quantitative estimate of drug-likeness (QED) is 0.591. The first-order valence-electron chi connectivity index (χ1n) is 5.67. The van der Waals surface area contributed by atoms with Gasteiger partial charge in [0, 0.05) is 0 Å². The number of piperidine rings is 1. The van der Waals surface area contributed by atoms with E-state index in [4.69, 9.17) is 4.84 Å². The summed E-state index contributed by atoms with van der Waals surface area (Å²) in [7, 11) is 1.24. The lowest BCUT2D eigenvalue weighted by Crippen LogP contribution is -2.47. The fourth-order valence-corrected chi connectivity index (χ4v) is 1.77. The summed E-state index contributed by atoms with van der Waals surface area (Å²) >= 11 is 0. The Labute approximate surface area is 107 Å². The number of hydrogen-bond acceptors (Lipinski definition) is 5. The van der Waals surface area contributed by atoms with Gasteiger partial charge in [-0.05, 0) is 25.9 Å². The zero-order valence-electron chi connectivity index (χ0n) is 10.3. The number of rotatable bonds is 4. The molecule has 0 atom stereocenters. The predicted octanol–water partition coefficient (Wildman–Crippen LogP) is 0.234. The highest BCUT2D eigenvalue weighted by Crippen LogP contribution is 2.17. The number of carbonyl (C=O) groups excluding carboxylic acids is 2. The summed E-state index contributed by atoms with van der Waals surface area (Å²) in [5.41, 5.74) is 0. The maximum absolute atomic E-state index is 11.9. The number of amides is 1. The minimum Gasteiger partial charge on any atom is -0.449 e.